The summed E-state index contributed by atoms with van der Waals surface area (Å²) < 4.78 is 15.0. The summed E-state index contributed by atoms with van der Waals surface area (Å²) in [5.74, 6) is 0.278. The van der Waals surface area contributed by atoms with Crippen LogP contribution in [0.1, 0.15) is 43.2 Å². The van der Waals surface area contributed by atoms with E-state index >= 15 is 0 Å². The van der Waals surface area contributed by atoms with Gasteiger partial charge in [-0.2, -0.15) is 0 Å². The Morgan fingerprint density at radius 1 is 1.04 bits per heavy atom. The van der Waals surface area contributed by atoms with Crippen LogP contribution in [0.2, 0.25) is 0 Å². The Morgan fingerprint density at radius 2 is 1.79 bits per heavy atom. The molecular weight excluding hydrogens is 308 g/mol. The number of carbonyl (C=O) groups is 2. The molecule has 0 aliphatic carbocycles. The first kappa shape index (κ1) is 19.7. The van der Waals surface area contributed by atoms with E-state index < -0.39 is 0 Å². The summed E-state index contributed by atoms with van der Waals surface area (Å²) in [6.45, 7) is 2.61. The van der Waals surface area contributed by atoms with Crippen LogP contribution >= 0.6 is 0 Å². The lowest BCUT2D eigenvalue weighted by Crippen LogP contribution is -2.01. The van der Waals surface area contributed by atoms with Gasteiger partial charge in [-0.3, -0.25) is 4.79 Å². The van der Waals surface area contributed by atoms with Crippen LogP contribution in [0.15, 0.2) is 24.3 Å². The molecule has 5 heteroatoms. The zero-order chi connectivity index (χ0) is 17.8. The molecule has 0 saturated heterocycles. The Labute approximate surface area is 143 Å². The molecule has 0 aliphatic heterocycles. The lowest BCUT2D eigenvalue weighted by atomic mass is 10.1. The van der Waals surface area contributed by atoms with Gasteiger partial charge in [-0.25, -0.2) is 4.79 Å². The van der Waals surface area contributed by atoms with Crippen LogP contribution in [0, 0.1) is 6.92 Å². The number of methoxy groups -OCH3 is 2. The molecule has 132 valence electrons. The van der Waals surface area contributed by atoms with Gasteiger partial charge >= 0.3 is 11.9 Å². The smallest absolute Gasteiger partial charge is 0.330 e. The van der Waals surface area contributed by atoms with Crippen molar-refractivity contribution in [1.82, 2.24) is 0 Å². The zero-order valence-electron chi connectivity index (χ0n) is 14.7. The van der Waals surface area contributed by atoms with Gasteiger partial charge in [-0.1, -0.05) is 25.0 Å². The van der Waals surface area contributed by atoms with Crippen molar-refractivity contribution in [2.24, 2.45) is 0 Å². The summed E-state index contributed by atoms with van der Waals surface area (Å²) >= 11 is 0. The van der Waals surface area contributed by atoms with Gasteiger partial charge in [0.15, 0.2) is 0 Å². The van der Waals surface area contributed by atoms with Crippen molar-refractivity contribution in [2.75, 3.05) is 20.8 Å². The van der Waals surface area contributed by atoms with Gasteiger partial charge in [-0.15, -0.1) is 0 Å². The summed E-state index contributed by atoms with van der Waals surface area (Å²) in [5.41, 5.74) is 1.94. The topological polar surface area (TPSA) is 61.8 Å². The Hall–Kier alpha value is -2.30. The van der Waals surface area contributed by atoms with Gasteiger partial charge in [0.25, 0.3) is 0 Å². The van der Waals surface area contributed by atoms with E-state index in [2.05, 4.69) is 9.47 Å². The number of aryl methyl sites for hydroxylation is 1. The summed E-state index contributed by atoms with van der Waals surface area (Å²) in [6.07, 6.45) is 7.34. The molecule has 0 amide bonds. The summed E-state index contributed by atoms with van der Waals surface area (Å²) in [7, 11) is 2.76. The Morgan fingerprint density at radius 3 is 2.50 bits per heavy atom. The van der Waals surface area contributed by atoms with Gasteiger partial charge in [0.05, 0.1) is 20.8 Å². The molecule has 0 radical (unpaired) electrons. The standard InChI is InChI=1S/C19H26O5/c1-15-9-10-16(11-12-19(21)23-3)14-17(15)24-13-7-5-4-6-8-18(20)22-2/h9-12,14H,4-8,13H2,1-3H3/b12-11+. The molecule has 1 aromatic carbocycles. The highest BCUT2D eigenvalue weighted by Crippen LogP contribution is 2.21. The van der Waals surface area contributed by atoms with Gasteiger partial charge in [0.2, 0.25) is 0 Å². The second-order valence-corrected chi connectivity index (χ2v) is 5.47. The monoisotopic (exact) mass is 334 g/mol. The van der Waals surface area contributed by atoms with Gasteiger partial charge in [0, 0.05) is 12.5 Å². The number of hydrogen-bond acceptors (Lipinski definition) is 5. The number of benzene rings is 1. The lowest BCUT2D eigenvalue weighted by Gasteiger charge is -2.10. The van der Waals surface area contributed by atoms with Crippen LogP contribution in [0.25, 0.3) is 6.08 Å². The van der Waals surface area contributed by atoms with E-state index in [1.165, 1.54) is 20.3 Å². The average Bonchev–Trinajstić information content (AvgIpc) is 2.60. The quantitative estimate of drug-likeness (QED) is 0.371. The van der Waals surface area contributed by atoms with Gasteiger partial charge < -0.3 is 14.2 Å². The zero-order valence-corrected chi connectivity index (χ0v) is 14.7. The number of hydrogen-bond donors (Lipinski definition) is 0. The predicted molar refractivity (Wildman–Crippen MR) is 92.8 cm³/mol. The van der Waals surface area contributed by atoms with E-state index in [0.717, 1.165) is 42.6 Å². The third-order valence-corrected chi connectivity index (χ3v) is 3.59. The first-order valence-corrected chi connectivity index (χ1v) is 8.13. The maximum atomic E-state index is 11.1. The van der Waals surface area contributed by atoms with E-state index in [0.29, 0.717) is 13.0 Å². The molecule has 0 atom stereocenters. The third-order valence-electron chi connectivity index (χ3n) is 3.59. The SMILES string of the molecule is COC(=O)/C=C/c1ccc(C)c(OCCCCCCC(=O)OC)c1. The highest BCUT2D eigenvalue weighted by Gasteiger charge is 2.02. The molecular formula is C19H26O5. The van der Waals surface area contributed by atoms with Crippen LogP contribution in [0.3, 0.4) is 0 Å². The van der Waals surface area contributed by atoms with Crippen LogP contribution in [0.4, 0.5) is 0 Å². The number of carbonyl (C=O) groups excluding carboxylic acids is 2. The summed E-state index contributed by atoms with van der Waals surface area (Å²) in [4.78, 5) is 22.1. The second-order valence-electron chi connectivity index (χ2n) is 5.47. The van der Waals surface area contributed by atoms with Gasteiger partial charge in [0.1, 0.15) is 5.75 Å². The Kier molecular flexibility index (Phi) is 9.27. The molecule has 0 fully saturated rings. The van der Waals surface area contributed by atoms with Crippen molar-refractivity contribution in [3.8, 4) is 5.75 Å². The van der Waals surface area contributed by atoms with Crippen molar-refractivity contribution in [1.29, 1.82) is 0 Å². The summed E-state index contributed by atoms with van der Waals surface area (Å²) in [5, 5.41) is 0. The molecule has 24 heavy (non-hydrogen) atoms. The Balaban J connectivity index is 2.35. The van der Waals surface area contributed by atoms with E-state index in [1.807, 2.05) is 25.1 Å². The van der Waals surface area contributed by atoms with E-state index in [1.54, 1.807) is 6.08 Å². The average molecular weight is 334 g/mol. The largest absolute Gasteiger partial charge is 0.493 e. The number of rotatable bonds is 10. The number of ether oxygens (including phenoxy) is 3. The third kappa shape index (κ3) is 7.81. The fraction of sp³-hybridized carbons (Fsp3) is 0.474. The van der Waals surface area contributed by atoms with Crippen LogP contribution in [0.5, 0.6) is 5.75 Å². The minimum absolute atomic E-state index is 0.154. The van der Waals surface area contributed by atoms with E-state index in [4.69, 9.17) is 4.74 Å². The van der Waals surface area contributed by atoms with Crippen molar-refractivity contribution >= 4 is 18.0 Å². The molecule has 0 N–H and O–H groups in total. The van der Waals surface area contributed by atoms with Crippen molar-refractivity contribution in [3.63, 3.8) is 0 Å². The first-order valence-electron chi connectivity index (χ1n) is 8.13. The molecule has 1 aromatic rings. The van der Waals surface area contributed by atoms with E-state index in [-0.39, 0.29) is 11.9 Å². The van der Waals surface area contributed by atoms with Crippen molar-refractivity contribution in [3.05, 3.63) is 35.4 Å². The molecule has 0 aromatic heterocycles. The minimum atomic E-state index is -0.384. The summed E-state index contributed by atoms with van der Waals surface area (Å²) in [6, 6.07) is 5.79. The van der Waals surface area contributed by atoms with Crippen LogP contribution in [-0.4, -0.2) is 32.8 Å². The van der Waals surface area contributed by atoms with Crippen molar-refractivity contribution < 1.29 is 23.8 Å². The molecule has 0 bridgehead atoms. The molecule has 0 aliphatic rings. The molecule has 5 nitrogen and oxygen atoms in total. The Bertz CT molecular complexity index is 563. The minimum Gasteiger partial charge on any atom is -0.493 e. The highest BCUT2D eigenvalue weighted by atomic mass is 16.5. The maximum absolute atomic E-state index is 11.1. The van der Waals surface area contributed by atoms with Crippen molar-refractivity contribution in [2.45, 2.75) is 39.0 Å². The molecule has 0 heterocycles. The molecule has 0 saturated carbocycles. The first-order chi connectivity index (χ1) is 11.6. The highest BCUT2D eigenvalue weighted by molar-refractivity contribution is 5.87. The maximum Gasteiger partial charge on any atom is 0.330 e. The van der Waals surface area contributed by atoms with E-state index in [9.17, 15) is 9.59 Å². The van der Waals surface area contributed by atoms with Gasteiger partial charge in [-0.05, 0) is 43.0 Å². The molecule has 0 spiro atoms. The fourth-order valence-corrected chi connectivity index (χ4v) is 2.12. The second kappa shape index (κ2) is 11.3. The predicted octanol–water partition coefficient (Wildman–Crippen LogP) is 3.68. The number of unbranched alkanes of at least 4 members (excludes halogenated alkanes) is 3. The molecule has 1 rings (SSSR count). The fourth-order valence-electron chi connectivity index (χ4n) is 2.12. The lowest BCUT2D eigenvalue weighted by molar-refractivity contribution is -0.140. The molecule has 0 unspecified atom stereocenters. The van der Waals surface area contributed by atoms with Crippen LogP contribution < -0.4 is 4.74 Å². The van der Waals surface area contributed by atoms with Crippen LogP contribution in [-0.2, 0) is 19.1 Å². The number of esters is 2. The normalized spacial score (nSPS) is 10.6.